The standard InChI is InChI=1S/C19H19FN2O4/c1-13(23)22(17-9-4-3-8-16(17)19(25)26-2)11-10-21-18(24)14-6-5-7-15(20)12-14/h3-9,12H,10-11H2,1-2H3,(H,21,24). The van der Waals surface area contributed by atoms with E-state index in [2.05, 4.69) is 5.32 Å². The molecule has 1 N–H and O–H groups in total. The number of nitrogens with one attached hydrogen (secondary N) is 1. The van der Waals surface area contributed by atoms with Crippen LogP contribution in [0, 0.1) is 5.82 Å². The minimum atomic E-state index is -0.560. The normalized spacial score (nSPS) is 10.1. The number of carbonyl (C=O) groups excluding carboxylic acids is 3. The Morgan fingerprint density at radius 3 is 2.50 bits per heavy atom. The molecule has 0 heterocycles. The highest BCUT2D eigenvalue weighted by Gasteiger charge is 2.19. The van der Waals surface area contributed by atoms with Gasteiger partial charge < -0.3 is 15.0 Å². The van der Waals surface area contributed by atoms with E-state index in [1.807, 2.05) is 0 Å². The van der Waals surface area contributed by atoms with Crippen LogP contribution in [0.2, 0.25) is 0 Å². The predicted octanol–water partition coefficient (Wildman–Crippen LogP) is 2.40. The number of hydrogen-bond donors (Lipinski definition) is 1. The summed E-state index contributed by atoms with van der Waals surface area (Å²) >= 11 is 0. The number of carbonyl (C=O) groups is 3. The molecule has 0 spiro atoms. The quantitative estimate of drug-likeness (QED) is 0.805. The van der Waals surface area contributed by atoms with Crippen LogP contribution in [0.15, 0.2) is 48.5 Å². The van der Waals surface area contributed by atoms with Crippen molar-refractivity contribution in [3.05, 3.63) is 65.5 Å². The van der Waals surface area contributed by atoms with Gasteiger partial charge in [-0.25, -0.2) is 9.18 Å². The van der Waals surface area contributed by atoms with Crippen molar-refractivity contribution >= 4 is 23.5 Å². The molecule has 0 saturated carbocycles. The minimum absolute atomic E-state index is 0.129. The number of rotatable bonds is 6. The van der Waals surface area contributed by atoms with Crippen molar-refractivity contribution in [3.63, 3.8) is 0 Å². The first-order chi connectivity index (χ1) is 12.4. The lowest BCUT2D eigenvalue weighted by molar-refractivity contribution is -0.116. The van der Waals surface area contributed by atoms with E-state index >= 15 is 0 Å². The lowest BCUT2D eigenvalue weighted by atomic mass is 10.1. The fourth-order valence-electron chi connectivity index (χ4n) is 2.45. The van der Waals surface area contributed by atoms with Crippen molar-refractivity contribution in [2.45, 2.75) is 6.92 Å². The van der Waals surface area contributed by atoms with E-state index in [0.717, 1.165) is 6.07 Å². The number of anilines is 1. The van der Waals surface area contributed by atoms with Crippen LogP contribution in [-0.2, 0) is 9.53 Å². The number of benzene rings is 2. The first kappa shape index (κ1) is 19.1. The van der Waals surface area contributed by atoms with Gasteiger partial charge in [-0.3, -0.25) is 9.59 Å². The van der Waals surface area contributed by atoms with Crippen LogP contribution >= 0.6 is 0 Å². The van der Waals surface area contributed by atoms with Gasteiger partial charge in [-0.05, 0) is 30.3 Å². The van der Waals surface area contributed by atoms with E-state index in [9.17, 15) is 18.8 Å². The third-order valence-electron chi connectivity index (χ3n) is 3.69. The Morgan fingerprint density at radius 2 is 1.85 bits per heavy atom. The fraction of sp³-hybridized carbons (Fsp3) is 0.211. The minimum Gasteiger partial charge on any atom is -0.465 e. The molecular formula is C19H19FN2O4. The lowest BCUT2D eigenvalue weighted by Crippen LogP contribution is -2.38. The molecule has 0 unspecified atom stereocenters. The van der Waals surface area contributed by atoms with E-state index in [1.54, 1.807) is 24.3 Å². The molecule has 0 saturated heterocycles. The second-order valence-electron chi connectivity index (χ2n) is 5.45. The number of para-hydroxylation sites is 1. The Hall–Kier alpha value is -3.22. The smallest absolute Gasteiger partial charge is 0.339 e. The van der Waals surface area contributed by atoms with Crippen LogP contribution < -0.4 is 10.2 Å². The molecule has 2 aromatic rings. The van der Waals surface area contributed by atoms with E-state index in [1.165, 1.54) is 37.1 Å². The highest BCUT2D eigenvalue weighted by molar-refractivity contribution is 6.02. The van der Waals surface area contributed by atoms with Crippen molar-refractivity contribution in [1.29, 1.82) is 0 Å². The maximum atomic E-state index is 13.2. The van der Waals surface area contributed by atoms with Crippen molar-refractivity contribution in [2.24, 2.45) is 0 Å². The van der Waals surface area contributed by atoms with Crippen LogP contribution in [0.1, 0.15) is 27.6 Å². The molecule has 0 aliphatic heterocycles. The summed E-state index contributed by atoms with van der Waals surface area (Å²) in [7, 11) is 1.26. The molecule has 2 rings (SSSR count). The van der Waals surface area contributed by atoms with Gasteiger partial charge in [0.2, 0.25) is 5.91 Å². The molecule has 2 amide bonds. The number of esters is 1. The van der Waals surface area contributed by atoms with Gasteiger partial charge in [0.05, 0.1) is 18.4 Å². The molecule has 0 aromatic heterocycles. The topological polar surface area (TPSA) is 75.7 Å². The Kier molecular flexibility index (Phi) is 6.43. The summed E-state index contributed by atoms with van der Waals surface area (Å²) < 4.78 is 17.9. The molecule has 0 bridgehead atoms. The first-order valence-electron chi connectivity index (χ1n) is 7.93. The number of hydrogen-bond acceptors (Lipinski definition) is 4. The Bertz CT molecular complexity index is 823. The van der Waals surface area contributed by atoms with Crippen molar-refractivity contribution in [1.82, 2.24) is 5.32 Å². The molecule has 6 nitrogen and oxygen atoms in total. The van der Waals surface area contributed by atoms with Gasteiger partial charge >= 0.3 is 5.97 Å². The highest BCUT2D eigenvalue weighted by Crippen LogP contribution is 2.21. The van der Waals surface area contributed by atoms with Gasteiger partial charge in [0.15, 0.2) is 0 Å². The summed E-state index contributed by atoms with van der Waals surface area (Å²) in [5.41, 5.74) is 0.836. The number of methoxy groups -OCH3 is 1. The Labute approximate surface area is 150 Å². The Morgan fingerprint density at radius 1 is 1.12 bits per heavy atom. The summed E-state index contributed by atoms with van der Waals surface area (Å²) in [6.45, 7) is 1.64. The molecule has 0 radical (unpaired) electrons. The molecule has 26 heavy (non-hydrogen) atoms. The highest BCUT2D eigenvalue weighted by atomic mass is 19.1. The van der Waals surface area contributed by atoms with E-state index in [-0.39, 0.29) is 30.1 Å². The lowest BCUT2D eigenvalue weighted by Gasteiger charge is -2.23. The number of ether oxygens (including phenoxy) is 1. The van der Waals surface area contributed by atoms with Crippen LogP contribution in [0.4, 0.5) is 10.1 Å². The van der Waals surface area contributed by atoms with Crippen LogP contribution in [-0.4, -0.2) is 38.0 Å². The van der Waals surface area contributed by atoms with Gasteiger partial charge in [0, 0.05) is 25.6 Å². The summed E-state index contributed by atoms with van der Waals surface area (Å²) in [5, 5.41) is 2.63. The maximum absolute atomic E-state index is 13.2. The molecule has 7 heteroatoms. The number of nitrogens with zero attached hydrogens (tertiary/aromatic N) is 1. The number of halogens is 1. The first-order valence-corrected chi connectivity index (χ1v) is 7.93. The van der Waals surface area contributed by atoms with Crippen LogP contribution in [0.25, 0.3) is 0 Å². The van der Waals surface area contributed by atoms with Crippen LogP contribution in [0.5, 0.6) is 0 Å². The van der Waals surface area contributed by atoms with E-state index in [4.69, 9.17) is 4.74 Å². The van der Waals surface area contributed by atoms with Crippen LogP contribution in [0.3, 0.4) is 0 Å². The average molecular weight is 358 g/mol. The molecule has 0 aliphatic carbocycles. The zero-order valence-electron chi connectivity index (χ0n) is 14.5. The predicted molar refractivity (Wildman–Crippen MR) is 94.5 cm³/mol. The Balaban J connectivity index is 2.09. The molecule has 2 aromatic carbocycles. The maximum Gasteiger partial charge on any atom is 0.339 e. The summed E-state index contributed by atoms with van der Waals surface area (Å²) in [6, 6.07) is 11.9. The largest absolute Gasteiger partial charge is 0.465 e. The second-order valence-corrected chi connectivity index (χ2v) is 5.45. The van der Waals surface area contributed by atoms with Crippen molar-refractivity contribution in [3.8, 4) is 0 Å². The SMILES string of the molecule is COC(=O)c1ccccc1N(CCNC(=O)c1cccc(F)c1)C(C)=O. The second kappa shape index (κ2) is 8.75. The van der Waals surface area contributed by atoms with E-state index in [0.29, 0.717) is 5.69 Å². The fourth-order valence-corrected chi connectivity index (χ4v) is 2.45. The third-order valence-corrected chi connectivity index (χ3v) is 3.69. The number of amides is 2. The van der Waals surface area contributed by atoms with Gasteiger partial charge in [-0.1, -0.05) is 18.2 Å². The summed E-state index contributed by atoms with van der Waals surface area (Å²) in [4.78, 5) is 37.3. The molecule has 136 valence electrons. The van der Waals surface area contributed by atoms with Gasteiger partial charge in [0.25, 0.3) is 5.91 Å². The molecule has 0 fully saturated rings. The van der Waals surface area contributed by atoms with Gasteiger partial charge in [-0.2, -0.15) is 0 Å². The van der Waals surface area contributed by atoms with E-state index < -0.39 is 17.7 Å². The zero-order valence-corrected chi connectivity index (χ0v) is 14.5. The molecule has 0 aliphatic rings. The zero-order chi connectivity index (χ0) is 19.1. The van der Waals surface area contributed by atoms with Gasteiger partial charge in [-0.15, -0.1) is 0 Å². The van der Waals surface area contributed by atoms with Crippen molar-refractivity contribution in [2.75, 3.05) is 25.1 Å². The monoisotopic (exact) mass is 358 g/mol. The molecule has 0 atom stereocenters. The summed E-state index contributed by atoms with van der Waals surface area (Å²) in [5.74, 6) is -1.80. The van der Waals surface area contributed by atoms with Gasteiger partial charge in [0.1, 0.15) is 5.82 Å². The third kappa shape index (κ3) is 4.66. The molecular weight excluding hydrogens is 339 g/mol. The van der Waals surface area contributed by atoms with Crippen molar-refractivity contribution < 1.29 is 23.5 Å². The average Bonchev–Trinajstić information content (AvgIpc) is 2.64. The summed E-state index contributed by atoms with van der Waals surface area (Å²) in [6.07, 6.45) is 0.